The Morgan fingerprint density at radius 3 is 2.54 bits per heavy atom. The summed E-state index contributed by atoms with van der Waals surface area (Å²) in [6.07, 6.45) is 0.861. The summed E-state index contributed by atoms with van der Waals surface area (Å²) in [5.41, 5.74) is 2.80. The summed E-state index contributed by atoms with van der Waals surface area (Å²) >= 11 is 1.52. The molecule has 6 nitrogen and oxygen atoms in total. The number of hydrogen-bond donors (Lipinski definition) is 1. The summed E-state index contributed by atoms with van der Waals surface area (Å²) < 4.78 is 0. The fourth-order valence-electron chi connectivity index (χ4n) is 2.46. The molecule has 1 N–H and O–H groups in total. The third kappa shape index (κ3) is 4.73. The number of benzene rings is 2. The lowest BCUT2D eigenvalue weighted by Crippen LogP contribution is -2.27. The first-order valence-corrected chi connectivity index (χ1v) is 8.99. The molecule has 0 spiro atoms. The van der Waals surface area contributed by atoms with E-state index in [9.17, 15) is 14.9 Å². The van der Waals surface area contributed by atoms with E-state index in [0.29, 0.717) is 13.0 Å². The first kappa shape index (κ1) is 17.8. The van der Waals surface area contributed by atoms with Crippen LogP contribution in [0.4, 0.5) is 5.69 Å². The predicted octanol–water partition coefficient (Wildman–Crippen LogP) is 3.62. The number of carbonyl (C=O) groups excluding carboxylic acids is 1. The van der Waals surface area contributed by atoms with Crippen LogP contribution in [0.2, 0.25) is 0 Å². The minimum atomic E-state index is -0.427. The first-order valence-electron chi connectivity index (χ1n) is 8.11. The maximum absolute atomic E-state index is 12.1. The fourth-order valence-corrected chi connectivity index (χ4v) is 3.28. The molecule has 1 aromatic heterocycles. The van der Waals surface area contributed by atoms with Crippen LogP contribution in [0.1, 0.15) is 11.3 Å². The molecule has 0 radical (unpaired) electrons. The molecule has 0 atom stereocenters. The van der Waals surface area contributed by atoms with Crippen molar-refractivity contribution in [2.24, 2.45) is 0 Å². The highest BCUT2D eigenvalue weighted by Crippen LogP contribution is 2.23. The van der Waals surface area contributed by atoms with Crippen LogP contribution in [-0.4, -0.2) is 22.4 Å². The number of hydrogen-bond acceptors (Lipinski definition) is 5. The molecule has 26 heavy (non-hydrogen) atoms. The Bertz CT molecular complexity index is 892. The van der Waals surface area contributed by atoms with Crippen molar-refractivity contribution < 1.29 is 9.72 Å². The molecule has 3 aromatic rings. The molecule has 0 aliphatic heterocycles. The van der Waals surface area contributed by atoms with Crippen LogP contribution in [0.25, 0.3) is 10.6 Å². The van der Waals surface area contributed by atoms with Gasteiger partial charge in [0.1, 0.15) is 5.01 Å². The molecule has 132 valence electrons. The third-order valence-electron chi connectivity index (χ3n) is 3.80. The second-order valence-corrected chi connectivity index (χ2v) is 6.57. The molecule has 1 heterocycles. The Kier molecular flexibility index (Phi) is 5.70. The van der Waals surface area contributed by atoms with Gasteiger partial charge >= 0.3 is 0 Å². The van der Waals surface area contributed by atoms with Gasteiger partial charge < -0.3 is 5.32 Å². The fraction of sp³-hybridized carbons (Fsp3) is 0.158. The summed E-state index contributed by atoms with van der Waals surface area (Å²) in [5.74, 6) is -0.0863. The Morgan fingerprint density at radius 2 is 1.85 bits per heavy atom. The van der Waals surface area contributed by atoms with Gasteiger partial charge in [-0.3, -0.25) is 14.9 Å². The van der Waals surface area contributed by atoms with E-state index in [1.807, 2.05) is 35.7 Å². The van der Waals surface area contributed by atoms with Gasteiger partial charge in [0.05, 0.1) is 17.0 Å². The number of nitrogens with one attached hydrogen (secondary N) is 1. The third-order valence-corrected chi connectivity index (χ3v) is 4.74. The second-order valence-electron chi connectivity index (χ2n) is 5.71. The van der Waals surface area contributed by atoms with Crippen LogP contribution in [0, 0.1) is 10.1 Å². The number of nitrogens with zero attached hydrogens (tertiary/aromatic N) is 2. The van der Waals surface area contributed by atoms with E-state index in [0.717, 1.165) is 21.8 Å². The number of carbonyl (C=O) groups is 1. The van der Waals surface area contributed by atoms with Gasteiger partial charge in [-0.25, -0.2) is 4.98 Å². The van der Waals surface area contributed by atoms with Crippen LogP contribution < -0.4 is 5.32 Å². The molecule has 0 saturated carbocycles. The summed E-state index contributed by atoms with van der Waals surface area (Å²) in [7, 11) is 0. The van der Waals surface area contributed by atoms with E-state index >= 15 is 0 Å². The number of aromatic nitrogens is 1. The van der Waals surface area contributed by atoms with Crippen LogP contribution in [0.5, 0.6) is 0 Å². The highest BCUT2D eigenvalue weighted by molar-refractivity contribution is 7.13. The first-order chi connectivity index (χ1) is 12.6. The van der Waals surface area contributed by atoms with Crippen LogP contribution in [0.3, 0.4) is 0 Å². The number of nitro benzene ring substituents is 1. The number of non-ortho nitro benzene ring substituents is 1. The molecule has 0 aliphatic carbocycles. The van der Waals surface area contributed by atoms with Gasteiger partial charge in [-0.05, 0) is 12.0 Å². The van der Waals surface area contributed by atoms with Crippen molar-refractivity contribution in [2.45, 2.75) is 12.8 Å². The highest BCUT2D eigenvalue weighted by Gasteiger charge is 2.09. The lowest BCUT2D eigenvalue weighted by Gasteiger charge is -2.04. The van der Waals surface area contributed by atoms with Crippen molar-refractivity contribution in [3.05, 3.63) is 81.3 Å². The number of amides is 1. The smallest absolute Gasteiger partial charge is 0.269 e. The standard InChI is InChI=1S/C19H17N3O3S/c23-18(20-11-10-14-6-8-17(9-7-14)22(24)25)12-16-13-26-19(21-16)15-4-2-1-3-5-15/h1-9,13H,10-12H2,(H,20,23). The quantitative estimate of drug-likeness (QED) is 0.510. The minimum absolute atomic E-state index is 0.0653. The second kappa shape index (κ2) is 8.35. The number of nitro groups is 1. The molecule has 0 bridgehead atoms. The van der Waals surface area contributed by atoms with E-state index < -0.39 is 4.92 Å². The Balaban J connectivity index is 1.47. The van der Waals surface area contributed by atoms with E-state index in [2.05, 4.69) is 10.3 Å². The SMILES string of the molecule is O=C(Cc1csc(-c2ccccc2)n1)NCCc1ccc([N+](=O)[O-])cc1. The summed E-state index contributed by atoms with van der Waals surface area (Å²) in [6, 6.07) is 16.2. The Hall–Kier alpha value is -3.06. The monoisotopic (exact) mass is 367 g/mol. The normalized spacial score (nSPS) is 10.5. The molecule has 0 fully saturated rings. The lowest BCUT2D eigenvalue weighted by atomic mass is 10.1. The molecule has 7 heteroatoms. The predicted molar refractivity (Wildman–Crippen MR) is 101 cm³/mol. The molecule has 0 unspecified atom stereocenters. The van der Waals surface area contributed by atoms with Crippen molar-refractivity contribution in [3.63, 3.8) is 0 Å². The zero-order chi connectivity index (χ0) is 18.4. The molecule has 0 aliphatic rings. The molecular weight excluding hydrogens is 350 g/mol. The number of rotatable bonds is 7. The molecular formula is C19H17N3O3S. The van der Waals surface area contributed by atoms with Crippen molar-refractivity contribution in [3.8, 4) is 10.6 Å². The zero-order valence-corrected chi connectivity index (χ0v) is 14.7. The lowest BCUT2D eigenvalue weighted by molar-refractivity contribution is -0.384. The van der Waals surface area contributed by atoms with E-state index in [-0.39, 0.29) is 18.0 Å². The summed E-state index contributed by atoms with van der Waals surface area (Å²) in [6.45, 7) is 0.478. The average Bonchev–Trinajstić information content (AvgIpc) is 3.11. The van der Waals surface area contributed by atoms with Crippen molar-refractivity contribution in [1.29, 1.82) is 0 Å². The highest BCUT2D eigenvalue weighted by atomic mass is 32.1. The topological polar surface area (TPSA) is 85.1 Å². The Labute approximate surface area is 154 Å². The van der Waals surface area contributed by atoms with Crippen LogP contribution >= 0.6 is 11.3 Å². The van der Waals surface area contributed by atoms with E-state index in [1.54, 1.807) is 12.1 Å². The van der Waals surface area contributed by atoms with Gasteiger partial charge in [0.2, 0.25) is 5.91 Å². The van der Waals surface area contributed by atoms with Gasteiger partial charge in [0, 0.05) is 29.6 Å². The molecule has 3 rings (SSSR count). The van der Waals surface area contributed by atoms with Gasteiger partial charge in [-0.15, -0.1) is 11.3 Å². The Morgan fingerprint density at radius 1 is 1.12 bits per heavy atom. The van der Waals surface area contributed by atoms with Crippen molar-refractivity contribution in [1.82, 2.24) is 10.3 Å². The van der Waals surface area contributed by atoms with E-state index in [4.69, 9.17) is 0 Å². The van der Waals surface area contributed by atoms with Crippen molar-refractivity contribution in [2.75, 3.05) is 6.54 Å². The maximum atomic E-state index is 12.1. The van der Waals surface area contributed by atoms with Gasteiger partial charge in [-0.2, -0.15) is 0 Å². The molecule has 0 saturated heterocycles. The van der Waals surface area contributed by atoms with Crippen LogP contribution in [0.15, 0.2) is 60.0 Å². The minimum Gasteiger partial charge on any atom is -0.355 e. The number of thiazole rings is 1. The molecule has 2 aromatic carbocycles. The van der Waals surface area contributed by atoms with Gasteiger partial charge in [0.15, 0.2) is 0 Å². The summed E-state index contributed by atoms with van der Waals surface area (Å²) in [5, 5.41) is 16.3. The van der Waals surface area contributed by atoms with Gasteiger partial charge in [0.25, 0.3) is 5.69 Å². The maximum Gasteiger partial charge on any atom is 0.269 e. The van der Waals surface area contributed by atoms with E-state index in [1.165, 1.54) is 23.5 Å². The largest absolute Gasteiger partial charge is 0.355 e. The molecule has 1 amide bonds. The zero-order valence-electron chi connectivity index (χ0n) is 13.9. The van der Waals surface area contributed by atoms with Crippen molar-refractivity contribution >= 4 is 22.9 Å². The summed E-state index contributed by atoms with van der Waals surface area (Å²) in [4.78, 5) is 26.8. The van der Waals surface area contributed by atoms with Gasteiger partial charge in [-0.1, -0.05) is 42.5 Å². The average molecular weight is 367 g/mol. The van der Waals surface area contributed by atoms with Crippen LogP contribution in [-0.2, 0) is 17.6 Å².